The van der Waals surface area contributed by atoms with E-state index in [0.717, 1.165) is 24.3 Å². The highest BCUT2D eigenvalue weighted by molar-refractivity contribution is 5.84. The molecule has 1 amide bonds. The number of benzene rings is 1. The third kappa shape index (κ3) is 4.09. The lowest BCUT2D eigenvalue weighted by molar-refractivity contribution is -0.117. The molecule has 25 heavy (non-hydrogen) atoms. The van der Waals surface area contributed by atoms with Gasteiger partial charge in [0.15, 0.2) is 0 Å². The average molecular weight is 339 g/mol. The van der Waals surface area contributed by atoms with Crippen LogP contribution in [0.4, 0.5) is 5.69 Å². The fraction of sp³-hybridized carbons (Fsp3) is 0.263. The Hall–Kier alpha value is -3.02. The van der Waals surface area contributed by atoms with Gasteiger partial charge in [0.05, 0.1) is 20.2 Å². The zero-order chi connectivity index (χ0) is 17.8. The molecular weight excluding hydrogens is 318 g/mol. The molecule has 3 rings (SSSR count). The van der Waals surface area contributed by atoms with Crippen molar-refractivity contribution in [1.29, 1.82) is 0 Å². The molecule has 130 valence electrons. The first-order chi connectivity index (χ1) is 12.0. The van der Waals surface area contributed by atoms with Gasteiger partial charge < -0.3 is 19.7 Å². The second-order valence-electron chi connectivity index (χ2n) is 5.87. The largest absolute Gasteiger partial charge is 0.481 e. The van der Waals surface area contributed by atoms with Gasteiger partial charge in [-0.2, -0.15) is 4.98 Å². The summed E-state index contributed by atoms with van der Waals surface area (Å²) in [5.41, 5.74) is 2.61. The van der Waals surface area contributed by atoms with Crippen LogP contribution in [0, 0.1) is 0 Å². The minimum absolute atomic E-state index is 0.105. The summed E-state index contributed by atoms with van der Waals surface area (Å²) in [5, 5.41) is 2.70. The minimum Gasteiger partial charge on any atom is -0.481 e. The summed E-state index contributed by atoms with van der Waals surface area (Å²) >= 11 is 0. The van der Waals surface area contributed by atoms with Crippen LogP contribution < -0.4 is 19.7 Å². The molecular formula is C19H21N3O3. The summed E-state index contributed by atoms with van der Waals surface area (Å²) < 4.78 is 11.0. The summed E-state index contributed by atoms with van der Waals surface area (Å²) in [6.45, 7) is 6.93. The average Bonchev–Trinajstić information content (AvgIpc) is 2.57. The van der Waals surface area contributed by atoms with Gasteiger partial charge in [0.25, 0.3) is 0 Å². The van der Waals surface area contributed by atoms with E-state index in [4.69, 9.17) is 9.47 Å². The molecule has 0 aliphatic carbocycles. The van der Waals surface area contributed by atoms with E-state index >= 15 is 0 Å². The summed E-state index contributed by atoms with van der Waals surface area (Å²) in [7, 11) is 1.58. The van der Waals surface area contributed by atoms with Gasteiger partial charge in [-0.05, 0) is 17.7 Å². The first kappa shape index (κ1) is 16.8. The molecule has 1 saturated heterocycles. The molecule has 0 unspecified atom stereocenters. The molecule has 2 heterocycles. The van der Waals surface area contributed by atoms with Gasteiger partial charge in [-0.25, -0.2) is 0 Å². The summed E-state index contributed by atoms with van der Waals surface area (Å²) in [4.78, 5) is 17.6. The molecule has 1 aromatic heterocycles. The van der Waals surface area contributed by atoms with Crippen LogP contribution >= 0.6 is 0 Å². The third-order valence-electron chi connectivity index (χ3n) is 3.95. The monoisotopic (exact) mass is 339 g/mol. The van der Waals surface area contributed by atoms with Gasteiger partial charge in [-0.1, -0.05) is 24.8 Å². The van der Waals surface area contributed by atoms with Crippen LogP contribution in [-0.4, -0.2) is 37.2 Å². The van der Waals surface area contributed by atoms with Crippen molar-refractivity contribution in [2.24, 2.45) is 0 Å². The number of methoxy groups -OCH3 is 1. The maximum atomic E-state index is 11.1. The smallest absolute Gasteiger partial charge is 0.221 e. The molecule has 6 nitrogen and oxygen atoms in total. The first-order valence-electron chi connectivity index (χ1n) is 8.05. The van der Waals surface area contributed by atoms with Crippen molar-refractivity contribution < 1.29 is 14.3 Å². The van der Waals surface area contributed by atoms with Crippen molar-refractivity contribution in [1.82, 2.24) is 10.3 Å². The number of pyridine rings is 1. The van der Waals surface area contributed by atoms with Crippen LogP contribution in [-0.2, 0) is 4.79 Å². The second kappa shape index (κ2) is 7.25. The van der Waals surface area contributed by atoms with E-state index < -0.39 is 0 Å². The number of rotatable bonds is 6. The van der Waals surface area contributed by atoms with Gasteiger partial charge in [0.2, 0.25) is 17.7 Å². The minimum atomic E-state index is -0.122. The Labute approximate surface area is 147 Å². The molecule has 0 radical (unpaired) electrons. The topological polar surface area (TPSA) is 63.7 Å². The Bertz CT molecular complexity index is 768. The Kier molecular flexibility index (Phi) is 4.88. The molecule has 0 bridgehead atoms. The van der Waals surface area contributed by atoms with Gasteiger partial charge in [0, 0.05) is 30.4 Å². The number of carbonyl (C=O) groups is 1. The molecule has 0 atom stereocenters. The van der Waals surface area contributed by atoms with E-state index in [1.807, 2.05) is 36.4 Å². The molecule has 1 N–H and O–H groups in total. The van der Waals surface area contributed by atoms with Crippen LogP contribution in [0.1, 0.15) is 12.5 Å². The fourth-order valence-corrected chi connectivity index (χ4v) is 2.63. The van der Waals surface area contributed by atoms with Crippen molar-refractivity contribution in [2.75, 3.05) is 25.1 Å². The highest BCUT2D eigenvalue weighted by Crippen LogP contribution is 2.25. The van der Waals surface area contributed by atoms with Crippen LogP contribution in [0.2, 0.25) is 0 Å². The van der Waals surface area contributed by atoms with Crippen molar-refractivity contribution in [3.63, 3.8) is 0 Å². The lowest BCUT2D eigenvalue weighted by Gasteiger charge is -2.40. The van der Waals surface area contributed by atoms with E-state index in [2.05, 4.69) is 21.8 Å². The van der Waals surface area contributed by atoms with Crippen LogP contribution in [0.5, 0.6) is 11.8 Å². The van der Waals surface area contributed by atoms with Crippen LogP contribution in [0.3, 0.4) is 0 Å². The number of aromatic nitrogens is 1. The predicted molar refractivity (Wildman–Crippen MR) is 96.7 cm³/mol. The lowest BCUT2D eigenvalue weighted by Crippen LogP contribution is -2.54. The van der Waals surface area contributed by atoms with Gasteiger partial charge in [-0.3, -0.25) is 4.79 Å². The quantitative estimate of drug-likeness (QED) is 0.876. The van der Waals surface area contributed by atoms with Crippen LogP contribution in [0.15, 0.2) is 49.0 Å². The van der Waals surface area contributed by atoms with Gasteiger partial charge >= 0.3 is 0 Å². The predicted octanol–water partition coefficient (Wildman–Crippen LogP) is 2.46. The molecule has 2 aromatic rings. The normalized spacial score (nSPS) is 13.8. The Balaban J connectivity index is 1.53. The van der Waals surface area contributed by atoms with Crippen molar-refractivity contribution in [2.45, 2.75) is 13.0 Å². The number of anilines is 1. The molecule has 6 heteroatoms. The summed E-state index contributed by atoms with van der Waals surface area (Å²) in [5.74, 6) is 0.998. The number of nitrogens with one attached hydrogen (secondary N) is 1. The maximum absolute atomic E-state index is 11.1. The second-order valence-corrected chi connectivity index (χ2v) is 5.87. The zero-order valence-electron chi connectivity index (χ0n) is 14.4. The number of ether oxygens (including phenoxy) is 2. The van der Waals surface area contributed by atoms with E-state index in [0.29, 0.717) is 17.5 Å². The zero-order valence-corrected chi connectivity index (χ0v) is 14.4. The van der Waals surface area contributed by atoms with E-state index in [1.165, 1.54) is 6.92 Å². The molecule has 1 aromatic carbocycles. The fourth-order valence-electron chi connectivity index (χ4n) is 2.63. The standard InChI is InChI=1S/C19H21N3O3/c1-13(20-14(2)23)15-7-9-16(10-8-15)22-11-17(12-22)25-19-6-4-5-18(21-19)24-3/h4-10,17H,1,11-12H2,2-3H3,(H,20,23). The molecule has 0 spiro atoms. The number of hydrogen-bond donors (Lipinski definition) is 1. The Morgan fingerprint density at radius 2 is 1.88 bits per heavy atom. The van der Waals surface area contributed by atoms with Gasteiger partial charge in [0.1, 0.15) is 6.10 Å². The van der Waals surface area contributed by atoms with Crippen molar-refractivity contribution in [3.05, 3.63) is 54.6 Å². The SMILES string of the molecule is C=C(NC(C)=O)c1ccc(N2CC(Oc3cccc(OC)n3)C2)cc1. The lowest BCUT2D eigenvalue weighted by atomic mass is 10.1. The highest BCUT2D eigenvalue weighted by atomic mass is 16.5. The Morgan fingerprint density at radius 3 is 2.52 bits per heavy atom. The van der Waals surface area contributed by atoms with Crippen LogP contribution in [0.25, 0.3) is 5.70 Å². The first-order valence-corrected chi connectivity index (χ1v) is 8.05. The van der Waals surface area contributed by atoms with E-state index in [-0.39, 0.29) is 12.0 Å². The van der Waals surface area contributed by atoms with Crippen molar-refractivity contribution >= 4 is 17.3 Å². The third-order valence-corrected chi connectivity index (χ3v) is 3.95. The highest BCUT2D eigenvalue weighted by Gasteiger charge is 2.29. The Morgan fingerprint density at radius 1 is 1.20 bits per heavy atom. The number of nitrogens with zero attached hydrogens (tertiary/aromatic N) is 2. The van der Waals surface area contributed by atoms with E-state index in [9.17, 15) is 4.79 Å². The molecule has 1 aliphatic heterocycles. The molecule has 0 saturated carbocycles. The van der Waals surface area contributed by atoms with Gasteiger partial charge in [-0.15, -0.1) is 0 Å². The van der Waals surface area contributed by atoms with E-state index in [1.54, 1.807) is 13.2 Å². The number of hydrogen-bond acceptors (Lipinski definition) is 5. The molecule has 1 fully saturated rings. The summed E-state index contributed by atoms with van der Waals surface area (Å²) in [6, 6.07) is 13.4. The van der Waals surface area contributed by atoms with Crippen molar-refractivity contribution in [3.8, 4) is 11.8 Å². The maximum Gasteiger partial charge on any atom is 0.221 e. The molecule has 1 aliphatic rings. The summed E-state index contributed by atoms with van der Waals surface area (Å²) in [6.07, 6.45) is 0.105. The number of carbonyl (C=O) groups excluding carboxylic acids is 1. The number of amides is 1.